The number of ether oxygens (including phenoxy) is 1. The lowest BCUT2D eigenvalue weighted by Gasteiger charge is -2.13. The van der Waals surface area contributed by atoms with Crippen LogP contribution in [-0.2, 0) is 0 Å². The molecule has 28 heavy (non-hydrogen) atoms. The van der Waals surface area contributed by atoms with Crippen LogP contribution in [0.5, 0.6) is 5.75 Å². The molecule has 3 rings (SSSR count). The maximum Gasteiger partial charge on any atom is 0.257 e. The van der Waals surface area contributed by atoms with Crippen LogP contribution in [0.3, 0.4) is 0 Å². The van der Waals surface area contributed by atoms with Crippen LogP contribution < -0.4 is 15.4 Å². The van der Waals surface area contributed by atoms with Gasteiger partial charge in [-0.3, -0.25) is 10.1 Å². The standard InChI is InChI=1S/C20H20ClN3O2S2/c1-4-12(3)26-14-7-5-13(6-8-14)18(25)23-19(27)24-20-22-16-10-15(21)11(2)9-17(16)28-20/h5-10,12H,4H2,1-3H3,(H2,22,23,24,25,27). The normalized spacial score (nSPS) is 11.9. The van der Waals surface area contributed by atoms with Gasteiger partial charge >= 0.3 is 0 Å². The predicted octanol–water partition coefficient (Wildman–Crippen LogP) is 5.56. The number of hydrogen-bond acceptors (Lipinski definition) is 5. The van der Waals surface area contributed by atoms with Crippen molar-refractivity contribution in [3.63, 3.8) is 0 Å². The summed E-state index contributed by atoms with van der Waals surface area (Å²) in [4.78, 5) is 16.8. The highest BCUT2D eigenvalue weighted by atomic mass is 35.5. The summed E-state index contributed by atoms with van der Waals surface area (Å²) in [6.45, 7) is 6.00. The zero-order valence-electron chi connectivity index (χ0n) is 15.7. The van der Waals surface area contributed by atoms with Crippen molar-refractivity contribution in [2.75, 3.05) is 5.32 Å². The van der Waals surface area contributed by atoms with Gasteiger partial charge in [-0.2, -0.15) is 0 Å². The van der Waals surface area contributed by atoms with Crippen molar-refractivity contribution in [3.8, 4) is 5.75 Å². The van der Waals surface area contributed by atoms with Gasteiger partial charge in [-0.05, 0) is 74.4 Å². The maximum absolute atomic E-state index is 12.4. The largest absolute Gasteiger partial charge is 0.491 e. The number of aromatic nitrogens is 1. The molecular formula is C20H20ClN3O2S2. The first-order valence-electron chi connectivity index (χ1n) is 8.81. The van der Waals surface area contributed by atoms with E-state index < -0.39 is 0 Å². The van der Waals surface area contributed by atoms with Gasteiger partial charge in [-0.15, -0.1) is 0 Å². The Morgan fingerprint density at radius 1 is 1.32 bits per heavy atom. The molecule has 1 atom stereocenters. The van der Waals surface area contributed by atoms with Crippen LogP contribution in [0.25, 0.3) is 10.2 Å². The van der Waals surface area contributed by atoms with Crippen molar-refractivity contribution < 1.29 is 9.53 Å². The van der Waals surface area contributed by atoms with Crippen LogP contribution in [-0.4, -0.2) is 22.1 Å². The van der Waals surface area contributed by atoms with Gasteiger partial charge in [0, 0.05) is 10.6 Å². The average Bonchev–Trinajstić information content (AvgIpc) is 3.03. The van der Waals surface area contributed by atoms with E-state index in [0.29, 0.717) is 15.7 Å². The Morgan fingerprint density at radius 2 is 2.04 bits per heavy atom. The van der Waals surface area contributed by atoms with E-state index in [2.05, 4.69) is 22.5 Å². The lowest BCUT2D eigenvalue weighted by Crippen LogP contribution is -2.34. The second-order valence-electron chi connectivity index (χ2n) is 6.36. The van der Waals surface area contributed by atoms with Gasteiger partial charge < -0.3 is 10.1 Å². The van der Waals surface area contributed by atoms with E-state index in [0.717, 1.165) is 28.0 Å². The zero-order chi connectivity index (χ0) is 20.3. The van der Waals surface area contributed by atoms with Crippen molar-refractivity contribution in [2.24, 2.45) is 0 Å². The topological polar surface area (TPSA) is 63.2 Å². The average molecular weight is 434 g/mol. The Labute approximate surface area is 178 Å². The summed E-state index contributed by atoms with van der Waals surface area (Å²) in [6, 6.07) is 10.8. The summed E-state index contributed by atoms with van der Waals surface area (Å²) in [5.74, 6) is 0.433. The highest BCUT2D eigenvalue weighted by molar-refractivity contribution is 7.80. The van der Waals surface area contributed by atoms with E-state index in [9.17, 15) is 4.79 Å². The van der Waals surface area contributed by atoms with E-state index in [1.807, 2.05) is 26.0 Å². The van der Waals surface area contributed by atoms with E-state index in [1.54, 1.807) is 24.3 Å². The molecule has 1 aromatic heterocycles. The summed E-state index contributed by atoms with van der Waals surface area (Å²) in [5.41, 5.74) is 2.27. The minimum Gasteiger partial charge on any atom is -0.491 e. The van der Waals surface area contributed by atoms with Crippen molar-refractivity contribution >= 4 is 61.5 Å². The monoisotopic (exact) mass is 433 g/mol. The molecule has 0 aliphatic heterocycles. The van der Waals surface area contributed by atoms with Crippen molar-refractivity contribution in [1.29, 1.82) is 0 Å². The summed E-state index contributed by atoms with van der Waals surface area (Å²) in [5, 5.41) is 7.07. The van der Waals surface area contributed by atoms with E-state index in [4.69, 9.17) is 28.6 Å². The summed E-state index contributed by atoms with van der Waals surface area (Å²) in [7, 11) is 0. The molecule has 0 saturated carbocycles. The maximum atomic E-state index is 12.4. The van der Waals surface area contributed by atoms with Crippen molar-refractivity contribution in [3.05, 3.63) is 52.5 Å². The number of thiazole rings is 1. The molecule has 3 aromatic rings. The van der Waals surface area contributed by atoms with Gasteiger partial charge in [0.05, 0.1) is 16.3 Å². The highest BCUT2D eigenvalue weighted by Crippen LogP contribution is 2.30. The van der Waals surface area contributed by atoms with E-state index >= 15 is 0 Å². The molecule has 0 bridgehead atoms. The van der Waals surface area contributed by atoms with Gasteiger partial charge in [0.2, 0.25) is 0 Å². The molecule has 0 aliphatic rings. The molecule has 0 fully saturated rings. The lowest BCUT2D eigenvalue weighted by atomic mass is 10.2. The number of aryl methyl sites for hydroxylation is 1. The fourth-order valence-corrected chi connectivity index (χ4v) is 3.77. The van der Waals surface area contributed by atoms with Gasteiger partial charge in [0.15, 0.2) is 10.2 Å². The third-order valence-electron chi connectivity index (χ3n) is 4.15. The number of hydrogen-bond donors (Lipinski definition) is 2. The predicted molar refractivity (Wildman–Crippen MR) is 120 cm³/mol. The van der Waals surface area contributed by atoms with Gasteiger partial charge in [-0.25, -0.2) is 4.98 Å². The number of halogens is 1. The second kappa shape index (κ2) is 8.86. The molecule has 146 valence electrons. The molecule has 2 N–H and O–H groups in total. The fourth-order valence-electron chi connectivity index (χ4n) is 2.41. The Morgan fingerprint density at radius 3 is 2.71 bits per heavy atom. The molecule has 0 spiro atoms. The molecule has 1 heterocycles. The first-order chi connectivity index (χ1) is 13.4. The highest BCUT2D eigenvalue weighted by Gasteiger charge is 2.12. The van der Waals surface area contributed by atoms with Crippen LogP contribution in [0, 0.1) is 6.92 Å². The Hall–Kier alpha value is -2.22. The Bertz CT molecular complexity index is 979. The number of benzene rings is 2. The summed E-state index contributed by atoms with van der Waals surface area (Å²) < 4.78 is 6.71. The second-order valence-corrected chi connectivity index (χ2v) is 8.20. The van der Waals surface area contributed by atoms with Crippen LogP contribution in [0.2, 0.25) is 5.02 Å². The van der Waals surface area contributed by atoms with Gasteiger partial charge in [0.1, 0.15) is 5.75 Å². The molecule has 0 saturated heterocycles. The summed E-state index contributed by atoms with van der Waals surface area (Å²) >= 11 is 12.8. The molecule has 2 aromatic carbocycles. The number of nitrogens with one attached hydrogen (secondary N) is 2. The van der Waals surface area contributed by atoms with Gasteiger partial charge in [0.25, 0.3) is 5.91 Å². The number of thiocarbonyl (C=S) groups is 1. The van der Waals surface area contributed by atoms with E-state index in [-0.39, 0.29) is 17.1 Å². The molecular weight excluding hydrogens is 414 g/mol. The van der Waals surface area contributed by atoms with Crippen LogP contribution >= 0.6 is 35.2 Å². The number of carbonyl (C=O) groups is 1. The molecule has 0 aliphatic carbocycles. The molecule has 1 amide bonds. The Kier molecular flexibility index (Phi) is 6.49. The van der Waals surface area contributed by atoms with Crippen molar-refractivity contribution in [2.45, 2.75) is 33.3 Å². The third-order valence-corrected chi connectivity index (χ3v) is 5.69. The first kappa shape index (κ1) is 20.5. The van der Waals surface area contributed by atoms with E-state index in [1.165, 1.54) is 11.3 Å². The number of rotatable bonds is 5. The molecule has 1 unspecified atom stereocenters. The number of amides is 1. The lowest BCUT2D eigenvalue weighted by molar-refractivity contribution is 0.0977. The number of anilines is 1. The first-order valence-corrected chi connectivity index (χ1v) is 10.4. The Balaban J connectivity index is 1.62. The molecule has 8 heteroatoms. The number of nitrogens with zero attached hydrogens (tertiary/aromatic N) is 1. The third kappa shape index (κ3) is 4.98. The minimum absolute atomic E-state index is 0.129. The molecule has 0 radical (unpaired) electrons. The quantitative estimate of drug-likeness (QED) is 0.515. The van der Waals surface area contributed by atoms with Crippen LogP contribution in [0.1, 0.15) is 36.2 Å². The SMILES string of the molecule is CCC(C)Oc1ccc(C(=O)NC(=S)Nc2nc3cc(Cl)c(C)cc3s2)cc1. The van der Waals surface area contributed by atoms with Gasteiger partial charge in [-0.1, -0.05) is 29.9 Å². The minimum atomic E-state index is -0.299. The smallest absolute Gasteiger partial charge is 0.257 e. The van der Waals surface area contributed by atoms with Crippen LogP contribution in [0.15, 0.2) is 36.4 Å². The van der Waals surface area contributed by atoms with Crippen LogP contribution in [0.4, 0.5) is 5.13 Å². The summed E-state index contributed by atoms with van der Waals surface area (Å²) in [6.07, 6.45) is 1.05. The van der Waals surface area contributed by atoms with Crippen molar-refractivity contribution in [1.82, 2.24) is 10.3 Å². The number of carbonyl (C=O) groups excluding carboxylic acids is 1. The number of fused-ring (bicyclic) bond motifs is 1. The zero-order valence-corrected chi connectivity index (χ0v) is 18.1. The fraction of sp³-hybridized carbons (Fsp3) is 0.250. The molecule has 5 nitrogen and oxygen atoms in total.